The Kier molecular flexibility index (Phi) is 15.0. The zero-order valence-corrected chi connectivity index (χ0v) is 13.3. The van der Waals surface area contributed by atoms with Crippen LogP contribution >= 0.6 is 0 Å². The minimum Gasteiger partial charge on any atom is -0.379 e. The van der Waals surface area contributed by atoms with Crippen LogP contribution in [0, 0.1) is 0 Å². The molecule has 6 nitrogen and oxygen atoms in total. The monoisotopic (exact) mass is 303 g/mol. The highest BCUT2D eigenvalue weighted by molar-refractivity contribution is 5.77. The molecule has 0 aromatic heterocycles. The van der Waals surface area contributed by atoms with E-state index in [4.69, 9.17) is 14.2 Å². The fourth-order valence-corrected chi connectivity index (χ4v) is 1.53. The first kappa shape index (κ1) is 20.2. The van der Waals surface area contributed by atoms with Crippen LogP contribution in [0.1, 0.15) is 33.1 Å². The van der Waals surface area contributed by atoms with Gasteiger partial charge in [-0.25, -0.2) is 0 Å². The lowest BCUT2D eigenvalue weighted by Gasteiger charge is -2.06. The van der Waals surface area contributed by atoms with Gasteiger partial charge in [0.25, 0.3) is 0 Å². The minimum absolute atomic E-state index is 0.0647. The third-order valence-electron chi connectivity index (χ3n) is 2.55. The van der Waals surface area contributed by atoms with Gasteiger partial charge in [-0.05, 0) is 33.1 Å². The van der Waals surface area contributed by atoms with Gasteiger partial charge in [0.2, 0.25) is 0 Å². The molecule has 0 radical (unpaired) electrons. The summed E-state index contributed by atoms with van der Waals surface area (Å²) < 4.78 is 15.9. The molecule has 0 aromatic carbocycles. The van der Waals surface area contributed by atoms with Crippen LogP contribution in [0.3, 0.4) is 0 Å². The number of carbonyl (C=O) groups excluding carboxylic acids is 2. The molecule has 0 aliphatic rings. The van der Waals surface area contributed by atoms with Crippen LogP contribution in [0.15, 0.2) is 0 Å². The van der Waals surface area contributed by atoms with Crippen molar-refractivity contribution in [3.8, 4) is 0 Å². The molecule has 0 aliphatic heterocycles. The first-order valence-corrected chi connectivity index (χ1v) is 7.55. The highest BCUT2D eigenvalue weighted by Gasteiger charge is 1.95. The average Bonchev–Trinajstić information content (AvgIpc) is 2.42. The normalized spacial score (nSPS) is 10.8. The second-order valence-corrected chi connectivity index (χ2v) is 4.92. The van der Waals surface area contributed by atoms with E-state index in [0.717, 1.165) is 25.9 Å². The van der Waals surface area contributed by atoms with Gasteiger partial charge in [-0.3, -0.25) is 9.59 Å². The lowest BCUT2D eigenvalue weighted by molar-refractivity contribution is -0.121. The van der Waals surface area contributed by atoms with Gasteiger partial charge in [0.15, 0.2) is 5.78 Å². The SMILES string of the molecule is CC(=O)CNCCOCCOCCCCCOCC(C)=O. The fraction of sp³-hybridized carbons (Fsp3) is 0.867. The summed E-state index contributed by atoms with van der Waals surface area (Å²) in [4.78, 5) is 21.3. The van der Waals surface area contributed by atoms with Gasteiger partial charge in [-0.15, -0.1) is 0 Å². The van der Waals surface area contributed by atoms with Crippen LogP contribution in [0.5, 0.6) is 0 Å². The van der Waals surface area contributed by atoms with Gasteiger partial charge in [-0.1, -0.05) is 0 Å². The first-order valence-electron chi connectivity index (χ1n) is 7.55. The van der Waals surface area contributed by atoms with Crippen LogP contribution in [0.4, 0.5) is 0 Å². The highest BCUT2D eigenvalue weighted by Crippen LogP contribution is 1.96. The molecule has 0 fully saturated rings. The predicted molar refractivity (Wildman–Crippen MR) is 80.5 cm³/mol. The van der Waals surface area contributed by atoms with Crippen molar-refractivity contribution in [3.63, 3.8) is 0 Å². The van der Waals surface area contributed by atoms with E-state index in [0.29, 0.717) is 39.5 Å². The molecule has 0 heterocycles. The van der Waals surface area contributed by atoms with Crippen molar-refractivity contribution in [2.24, 2.45) is 0 Å². The van der Waals surface area contributed by atoms with Crippen LogP contribution in [0.2, 0.25) is 0 Å². The van der Waals surface area contributed by atoms with Crippen molar-refractivity contribution in [2.45, 2.75) is 33.1 Å². The summed E-state index contributed by atoms with van der Waals surface area (Å²) in [6.07, 6.45) is 2.98. The van der Waals surface area contributed by atoms with E-state index >= 15 is 0 Å². The molecule has 0 aliphatic carbocycles. The molecule has 0 rings (SSSR count). The number of ketones is 2. The minimum atomic E-state index is 0.0647. The third kappa shape index (κ3) is 19.2. The van der Waals surface area contributed by atoms with Crippen molar-refractivity contribution in [1.82, 2.24) is 5.32 Å². The van der Waals surface area contributed by atoms with Gasteiger partial charge in [-0.2, -0.15) is 0 Å². The Morgan fingerprint density at radius 2 is 1.38 bits per heavy atom. The van der Waals surface area contributed by atoms with Crippen LogP contribution in [-0.2, 0) is 23.8 Å². The lowest BCUT2D eigenvalue weighted by atomic mass is 10.2. The van der Waals surface area contributed by atoms with Gasteiger partial charge in [0, 0.05) is 19.8 Å². The summed E-state index contributed by atoms with van der Waals surface area (Å²) in [6, 6.07) is 0. The molecule has 0 amide bonds. The van der Waals surface area contributed by atoms with E-state index in [-0.39, 0.29) is 18.2 Å². The van der Waals surface area contributed by atoms with Crippen LogP contribution in [-0.4, -0.2) is 64.3 Å². The molecule has 0 saturated heterocycles. The quantitative estimate of drug-likeness (QED) is 0.428. The second kappa shape index (κ2) is 15.6. The molecule has 0 aromatic rings. The molecular formula is C15H29NO5. The lowest BCUT2D eigenvalue weighted by Crippen LogP contribution is -2.25. The smallest absolute Gasteiger partial charge is 0.155 e. The van der Waals surface area contributed by atoms with Crippen molar-refractivity contribution in [1.29, 1.82) is 0 Å². The largest absolute Gasteiger partial charge is 0.379 e. The Hall–Kier alpha value is -0.820. The number of hydrogen-bond donors (Lipinski definition) is 1. The number of rotatable bonds is 16. The summed E-state index contributed by atoms with van der Waals surface area (Å²) in [5, 5.41) is 2.98. The third-order valence-corrected chi connectivity index (χ3v) is 2.55. The topological polar surface area (TPSA) is 73.9 Å². The molecule has 0 saturated carbocycles. The average molecular weight is 303 g/mol. The van der Waals surface area contributed by atoms with Gasteiger partial charge < -0.3 is 19.5 Å². The van der Waals surface area contributed by atoms with Crippen LogP contribution in [0.25, 0.3) is 0 Å². The number of ether oxygens (including phenoxy) is 3. The standard InChI is InChI=1S/C15H29NO5/c1-14(17)12-16-6-9-20-11-10-19-7-4-3-5-8-21-13-15(2)18/h16H,3-13H2,1-2H3. The summed E-state index contributed by atoms with van der Waals surface area (Å²) in [6.45, 7) is 7.48. The second-order valence-electron chi connectivity index (χ2n) is 4.92. The molecule has 124 valence electrons. The number of carbonyl (C=O) groups is 2. The maximum atomic E-state index is 10.6. The Labute approximate surface area is 127 Å². The van der Waals surface area contributed by atoms with E-state index in [2.05, 4.69) is 5.32 Å². The number of nitrogens with one attached hydrogen (secondary N) is 1. The van der Waals surface area contributed by atoms with E-state index < -0.39 is 0 Å². The van der Waals surface area contributed by atoms with Crippen LogP contribution < -0.4 is 5.32 Å². The first-order chi connectivity index (χ1) is 10.1. The summed E-state index contributed by atoms with van der Waals surface area (Å²) in [5.41, 5.74) is 0. The van der Waals surface area contributed by atoms with Crippen molar-refractivity contribution >= 4 is 11.6 Å². The van der Waals surface area contributed by atoms with Gasteiger partial charge in [0.05, 0.1) is 26.4 Å². The maximum absolute atomic E-state index is 10.6. The molecule has 6 heteroatoms. The molecule has 0 atom stereocenters. The molecule has 0 unspecified atom stereocenters. The molecule has 21 heavy (non-hydrogen) atoms. The van der Waals surface area contributed by atoms with E-state index in [9.17, 15) is 9.59 Å². The number of Topliss-reactive ketones (excluding diaryl/α,β-unsaturated/α-hetero) is 2. The van der Waals surface area contributed by atoms with E-state index in [1.54, 1.807) is 6.92 Å². The highest BCUT2D eigenvalue weighted by atomic mass is 16.5. The Bertz CT molecular complexity index is 245. The zero-order valence-electron chi connectivity index (χ0n) is 13.3. The number of hydrogen-bond acceptors (Lipinski definition) is 6. The van der Waals surface area contributed by atoms with Crippen molar-refractivity contribution < 1.29 is 23.8 Å². The molecule has 1 N–H and O–H groups in total. The van der Waals surface area contributed by atoms with Gasteiger partial charge in [0.1, 0.15) is 12.4 Å². The summed E-state index contributed by atoms with van der Waals surface area (Å²) >= 11 is 0. The maximum Gasteiger partial charge on any atom is 0.155 e. The Morgan fingerprint density at radius 3 is 2.00 bits per heavy atom. The van der Waals surface area contributed by atoms with E-state index in [1.807, 2.05) is 0 Å². The molecular weight excluding hydrogens is 274 g/mol. The molecule has 0 bridgehead atoms. The Balaban J connectivity index is 2.99. The molecule has 0 spiro atoms. The van der Waals surface area contributed by atoms with Gasteiger partial charge >= 0.3 is 0 Å². The fourth-order valence-electron chi connectivity index (χ4n) is 1.53. The predicted octanol–water partition coefficient (Wildman–Crippen LogP) is 0.974. The zero-order chi connectivity index (χ0) is 15.8. The summed E-state index contributed by atoms with van der Waals surface area (Å²) in [5.74, 6) is 0.194. The number of unbranched alkanes of at least 4 members (excludes halogenated alkanes) is 2. The van der Waals surface area contributed by atoms with Crippen molar-refractivity contribution in [3.05, 3.63) is 0 Å². The Morgan fingerprint density at radius 1 is 0.762 bits per heavy atom. The van der Waals surface area contributed by atoms with E-state index in [1.165, 1.54) is 6.92 Å². The summed E-state index contributed by atoms with van der Waals surface area (Å²) in [7, 11) is 0. The van der Waals surface area contributed by atoms with Crippen molar-refractivity contribution in [2.75, 3.05) is 52.7 Å².